The summed E-state index contributed by atoms with van der Waals surface area (Å²) in [5.41, 5.74) is -2.47. The number of hydrogen-bond acceptors (Lipinski definition) is 2. The molecule has 0 aliphatic carbocycles. The normalized spacial score (nSPS) is 15.6. The van der Waals surface area contributed by atoms with Crippen molar-refractivity contribution in [3.8, 4) is 11.4 Å². The summed E-state index contributed by atoms with van der Waals surface area (Å²) in [5, 5.41) is 9.12. The molecule has 2 aromatic carbocycles. The van der Waals surface area contributed by atoms with E-state index in [2.05, 4.69) is 22.3 Å². The molecule has 1 aliphatic heterocycles. The first kappa shape index (κ1) is 27.3. The Balaban J connectivity index is 0.00000320. The third-order valence-corrected chi connectivity index (χ3v) is 6.99. The smallest absolute Gasteiger partial charge is 0.284 e. The van der Waals surface area contributed by atoms with Crippen LogP contribution < -0.4 is 0 Å². The summed E-state index contributed by atoms with van der Waals surface area (Å²) in [5.74, 6) is -3.41. The van der Waals surface area contributed by atoms with E-state index >= 15 is 13.2 Å². The van der Waals surface area contributed by atoms with Crippen LogP contribution in [0.2, 0.25) is 0 Å². The van der Waals surface area contributed by atoms with Crippen LogP contribution in [0.4, 0.5) is 17.6 Å². The molecule has 9 heteroatoms. The Morgan fingerprint density at radius 1 is 0.730 bits per heavy atom. The van der Waals surface area contributed by atoms with Gasteiger partial charge in [0.25, 0.3) is 0 Å². The molecule has 0 unspecified atom stereocenters. The van der Waals surface area contributed by atoms with Gasteiger partial charge in [0, 0.05) is 35.7 Å². The van der Waals surface area contributed by atoms with E-state index in [1.54, 1.807) is 59.1 Å². The van der Waals surface area contributed by atoms with Crippen LogP contribution in [0.5, 0.6) is 0 Å². The first-order chi connectivity index (χ1) is 16.6. The van der Waals surface area contributed by atoms with Crippen LogP contribution in [0, 0.1) is 35.4 Å². The van der Waals surface area contributed by atoms with Gasteiger partial charge in [-0.1, -0.05) is 40.2 Å². The SMILES string of the molecule is CC(C)(C)c1c(F)c2[c-]c(c1F)C(C)(C)c1[c-]c(c(F)cc1F)-n1ccc(n1)C(C)(C)c1ccn-2n1.[Pt+2]. The van der Waals surface area contributed by atoms with E-state index in [4.69, 9.17) is 0 Å². The van der Waals surface area contributed by atoms with E-state index in [-0.39, 0.29) is 49.1 Å². The molecular weight excluding hydrogens is 663 g/mol. The van der Waals surface area contributed by atoms with Crippen molar-refractivity contribution in [3.63, 3.8) is 0 Å². The van der Waals surface area contributed by atoms with Crippen molar-refractivity contribution in [3.05, 3.63) is 94.1 Å². The minimum Gasteiger partial charge on any atom is -0.284 e. The van der Waals surface area contributed by atoms with Gasteiger partial charge in [0.2, 0.25) is 0 Å². The molecule has 196 valence electrons. The number of rotatable bonds is 0. The number of benzene rings is 2. The van der Waals surface area contributed by atoms with Gasteiger partial charge in [-0.05, 0) is 48.2 Å². The van der Waals surface area contributed by atoms with E-state index in [1.807, 2.05) is 13.8 Å². The predicted molar refractivity (Wildman–Crippen MR) is 128 cm³/mol. The number of halogens is 4. The number of hydrogen-bond donors (Lipinski definition) is 0. The quantitative estimate of drug-likeness (QED) is 0.157. The fourth-order valence-corrected chi connectivity index (χ4v) is 4.75. The molecule has 0 atom stereocenters. The second kappa shape index (κ2) is 8.65. The molecule has 4 aromatic rings. The summed E-state index contributed by atoms with van der Waals surface area (Å²) in [6.45, 7) is 12.0. The molecular formula is C28H26F4N4Pt. The molecule has 0 saturated heterocycles. The summed E-state index contributed by atoms with van der Waals surface area (Å²) >= 11 is 0. The van der Waals surface area contributed by atoms with Gasteiger partial charge >= 0.3 is 21.1 Å². The Bertz CT molecular complexity index is 1530. The largest absolute Gasteiger partial charge is 2.00 e. The monoisotopic (exact) mass is 689 g/mol. The second-order valence-corrected chi connectivity index (χ2v) is 11.3. The van der Waals surface area contributed by atoms with Gasteiger partial charge in [-0.25, -0.2) is 0 Å². The van der Waals surface area contributed by atoms with Crippen molar-refractivity contribution in [2.45, 2.75) is 64.7 Å². The second-order valence-electron chi connectivity index (χ2n) is 11.3. The summed E-state index contributed by atoms with van der Waals surface area (Å²) in [7, 11) is 0. The zero-order chi connectivity index (χ0) is 26.4. The molecule has 5 rings (SSSR count). The molecule has 3 heterocycles. The summed E-state index contributed by atoms with van der Waals surface area (Å²) in [6, 6.07) is 9.85. The topological polar surface area (TPSA) is 35.6 Å². The Kier molecular flexibility index (Phi) is 6.39. The number of aromatic nitrogens is 4. The molecule has 2 aromatic heterocycles. The van der Waals surface area contributed by atoms with E-state index < -0.39 is 39.5 Å². The number of nitrogens with zero attached hydrogens (tertiary/aromatic N) is 4. The third kappa shape index (κ3) is 4.08. The van der Waals surface area contributed by atoms with Crippen molar-refractivity contribution in [1.82, 2.24) is 19.6 Å². The first-order valence-corrected chi connectivity index (χ1v) is 11.6. The molecule has 4 nitrogen and oxygen atoms in total. The molecule has 0 amide bonds. The molecule has 0 radical (unpaired) electrons. The molecule has 1 aliphatic rings. The molecule has 8 bridgehead atoms. The fraction of sp³-hybridized carbons (Fsp3) is 0.357. The first-order valence-electron chi connectivity index (χ1n) is 11.6. The van der Waals surface area contributed by atoms with Crippen LogP contribution in [0.15, 0.2) is 30.6 Å². The average Bonchev–Trinajstić information content (AvgIpc) is 3.43. The Hall–Kier alpha value is -2.73. The van der Waals surface area contributed by atoms with E-state index in [9.17, 15) is 4.39 Å². The maximum atomic E-state index is 16.1. The Morgan fingerprint density at radius 3 is 1.78 bits per heavy atom. The van der Waals surface area contributed by atoms with Gasteiger partial charge in [-0.15, -0.1) is 29.3 Å². The number of fused-ring (bicyclic) bond motifs is 10. The van der Waals surface area contributed by atoms with Crippen molar-refractivity contribution in [1.29, 1.82) is 0 Å². The Morgan fingerprint density at radius 2 is 1.24 bits per heavy atom. The summed E-state index contributed by atoms with van der Waals surface area (Å²) < 4.78 is 64.8. The minimum atomic E-state index is -1.41. The Labute approximate surface area is 228 Å². The predicted octanol–water partition coefficient (Wildman–Crippen LogP) is 6.47. The van der Waals surface area contributed by atoms with Crippen LogP contribution in [-0.4, -0.2) is 19.6 Å². The standard InChI is InChI=1S/C28H26F4N4.Pt/c1-26(2,3)23-24(31)16-13-20(25(23)32)36-11-9-22(34-36)28(6,7)21-8-10-35(33-21)19-12-15(27(16,4)5)17(29)14-18(19)30;/h8-11,14H,1-7H3;/q-2;+2. The summed E-state index contributed by atoms with van der Waals surface area (Å²) in [6.07, 6.45) is 3.14. The van der Waals surface area contributed by atoms with Gasteiger partial charge in [0.05, 0.1) is 16.8 Å². The van der Waals surface area contributed by atoms with Crippen LogP contribution >= 0.6 is 0 Å². The van der Waals surface area contributed by atoms with E-state index in [0.29, 0.717) is 11.4 Å². The fourth-order valence-electron chi connectivity index (χ4n) is 4.75. The van der Waals surface area contributed by atoms with Crippen molar-refractivity contribution in [2.75, 3.05) is 0 Å². The maximum absolute atomic E-state index is 16.1. The molecule has 0 saturated carbocycles. The van der Waals surface area contributed by atoms with Gasteiger partial charge in [-0.2, -0.15) is 10.2 Å². The van der Waals surface area contributed by atoms with Gasteiger partial charge in [0.1, 0.15) is 0 Å². The summed E-state index contributed by atoms with van der Waals surface area (Å²) in [4.78, 5) is 0. The van der Waals surface area contributed by atoms with Gasteiger partial charge in [-0.3, -0.25) is 26.9 Å². The third-order valence-electron chi connectivity index (χ3n) is 6.99. The molecule has 0 fully saturated rings. The van der Waals surface area contributed by atoms with Crippen molar-refractivity contribution in [2.24, 2.45) is 0 Å². The van der Waals surface area contributed by atoms with E-state index in [0.717, 1.165) is 6.07 Å². The van der Waals surface area contributed by atoms with Crippen molar-refractivity contribution >= 4 is 0 Å². The minimum absolute atomic E-state index is 0. The zero-order valence-corrected chi connectivity index (χ0v) is 23.8. The van der Waals surface area contributed by atoms with Crippen LogP contribution in [0.3, 0.4) is 0 Å². The molecule has 0 N–H and O–H groups in total. The van der Waals surface area contributed by atoms with Crippen LogP contribution in [0.25, 0.3) is 11.4 Å². The van der Waals surface area contributed by atoms with Crippen LogP contribution in [-0.2, 0) is 37.3 Å². The van der Waals surface area contributed by atoms with Gasteiger partial charge < -0.3 is 0 Å². The molecule has 0 spiro atoms. The zero-order valence-electron chi connectivity index (χ0n) is 21.5. The maximum Gasteiger partial charge on any atom is 2.00 e. The molecule has 37 heavy (non-hydrogen) atoms. The van der Waals surface area contributed by atoms with Crippen LogP contribution in [0.1, 0.15) is 76.5 Å². The van der Waals surface area contributed by atoms with E-state index in [1.165, 1.54) is 9.36 Å². The average molecular weight is 690 g/mol. The van der Waals surface area contributed by atoms with Gasteiger partial charge in [0.15, 0.2) is 0 Å². The van der Waals surface area contributed by atoms with Crippen molar-refractivity contribution < 1.29 is 38.6 Å².